The van der Waals surface area contributed by atoms with Crippen molar-refractivity contribution in [1.29, 1.82) is 0 Å². The van der Waals surface area contributed by atoms with Crippen molar-refractivity contribution in [3.05, 3.63) is 21.7 Å². The third-order valence-corrected chi connectivity index (χ3v) is 5.37. The zero-order chi connectivity index (χ0) is 24.6. The summed E-state index contributed by atoms with van der Waals surface area (Å²) in [5.74, 6) is -4.18. The fourth-order valence-corrected chi connectivity index (χ4v) is 3.65. The molecule has 1 aliphatic heterocycles. The Kier molecular flexibility index (Phi) is 11.0. The molecule has 0 spiro atoms. The van der Waals surface area contributed by atoms with E-state index in [1.54, 1.807) is 0 Å². The number of nitrogens with zero attached hydrogens (tertiary/aromatic N) is 1. The van der Waals surface area contributed by atoms with E-state index >= 15 is 0 Å². The lowest BCUT2D eigenvalue weighted by Gasteiger charge is -2.23. The fraction of sp³-hybridized carbons (Fsp3) is 0.526. The summed E-state index contributed by atoms with van der Waals surface area (Å²) >= 11 is 11.9. The number of halogens is 2. The number of carboxylic acids is 2. The number of aromatic hydroxyl groups is 1. The molecule has 11 nitrogen and oxygen atoms in total. The van der Waals surface area contributed by atoms with Crippen molar-refractivity contribution < 1.29 is 44.7 Å². The summed E-state index contributed by atoms with van der Waals surface area (Å²) in [5.41, 5.74) is -0.0268. The summed E-state index contributed by atoms with van der Waals surface area (Å²) in [6.07, 6.45) is -2.35. The van der Waals surface area contributed by atoms with Crippen molar-refractivity contribution in [1.82, 2.24) is 10.2 Å². The molecule has 1 saturated heterocycles. The van der Waals surface area contributed by atoms with Crippen LogP contribution in [-0.4, -0.2) is 93.3 Å². The van der Waals surface area contributed by atoms with Crippen LogP contribution in [0.3, 0.4) is 0 Å². The Bertz CT molecular complexity index is 820. The molecule has 180 valence electrons. The van der Waals surface area contributed by atoms with E-state index in [0.717, 1.165) is 25.9 Å². The van der Waals surface area contributed by atoms with Gasteiger partial charge in [-0.2, -0.15) is 0 Å². The van der Waals surface area contributed by atoms with Crippen LogP contribution in [0.5, 0.6) is 11.5 Å². The predicted octanol–water partition coefficient (Wildman–Crippen LogP) is 0.799. The number of phenolic OH excluding ortho intramolecular Hbond substituents is 1. The number of methoxy groups -OCH3 is 1. The van der Waals surface area contributed by atoms with E-state index in [9.17, 15) is 19.5 Å². The number of amides is 1. The number of likely N-dealkylation sites (N-methyl/N-ethyl adjacent to an activating group) is 1. The third-order valence-electron chi connectivity index (χ3n) is 4.80. The van der Waals surface area contributed by atoms with Crippen LogP contribution in [-0.2, 0) is 9.59 Å². The molecule has 0 saturated carbocycles. The van der Waals surface area contributed by atoms with E-state index in [-0.39, 0.29) is 27.1 Å². The van der Waals surface area contributed by atoms with Crippen LogP contribution in [0.15, 0.2) is 6.07 Å². The van der Waals surface area contributed by atoms with Gasteiger partial charge < -0.3 is 35.6 Å². The Hall–Kier alpha value is -2.31. The summed E-state index contributed by atoms with van der Waals surface area (Å²) in [7, 11) is 1.39. The lowest BCUT2D eigenvalue weighted by Crippen LogP contribution is -2.40. The molecule has 2 rings (SSSR count). The van der Waals surface area contributed by atoms with Gasteiger partial charge in [0.1, 0.15) is 5.56 Å². The molecule has 3 atom stereocenters. The highest BCUT2D eigenvalue weighted by Crippen LogP contribution is 2.40. The highest BCUT2D eigenvalue weighted by molar-refractivity contribution is 6.37. The Labute approximate surface area is 194 Å². The number of ether oxygens (including phenoxy) is 1. The molecule has 1 fully saturated rings. The zero-order valence-electron chi connectivity index (χ0n) is 17.4. The van der Waals surface area contributed by atoms with Gasteiger partial charge in [-0.05, 0) is 32.0 Å². The minimum Gasteiger partial charge on any atom is -0.505 e. The molecule has 0 radical (unpaired) electrons. The number of hydrogen-bond acceptors (Lipinski definition) is 8. The van der Waals surface area contributed by atoms with Crippen LogP contribution in [0.2, 0.25) is 10.0 Å². The number of carbonyl (C=O) groups is 3. The molecule has 13 heteroatoms. The number of aliphatic hydroxyl groups is 2. The van der Waals surface area contributed by atoms with Crippen LogP contribution in [0, 0.1) is 0 Å². The molecule has 1 amide bonds. The van der Waals surface area contributed by atoms with Crippen LogP contribution in [0.25, 0.3) is 0 Å². The van der Waals surface area contributed by atoms with Gasteiger partial charge in [-0.1, -0.05) is 30.1 Å². The van der Waals surface area contributed by atoms with Crippen molar-refractivity contribution in [2.45, 2.75) is 38.0 Å². The average Bonchev–Trinajstić information content (AvgIpc) is 3.21. The number of nitrogens with one attached hydrogen (secondary N) is 1. The van der Waals surface area contributed by atoms with Crippen molar-refractivity contribution in [2.75, 3.05) is 26.7 Å². The molecule has 1 heterocycles. The maximum Gasteiger partial charge on any atom is 0.335 e. The van der Waals surface area contributed by atoms with E-state index in [1.807, 2.05) is 0 Å². The first-order valence-electron chi connectivity index (χ1n) is 9.55. The molecule has 32 heavy (non-hydrogen) atoms. The van der Waals surface area contributed by atoms with Gasteiger partial charge in [0.05, 0.1) is 17.2 Å². The second-order valence-corrected chi connectivity index (χ2v) is 7.61. The van der Waals surface area contributed by atoms with Gasteiger partial charge in [0, 0.05) is 12.6 Å². The number of hydrogen-bond donors (Lipinski definition) is 6. The summed E-state index contributed by atoms with van der Waals surface area (Å²) in [6.45, 7) is 4.62. The second kappa shape index (κ2) is 12.7. The van der Waals surface area contributed by atoms with Crippen molar-refractivity contribution in [3.8, 4) is 11.5 Å². The SMILES string of the molecule is CCN1CCCC1CNC(=O)c1c(O)c(Cl)cc(Cl)c1OC.O=C(O)C(O)C(O)C(=O)O. The molecular formula is C19H26Cl2N2O9. The summed E-state index contributed by atoms with van der Waals surface area (Å²) in [4.78, 5) is 34.3. The van der Waals surface area contributed by atoms with Crippen LogP contribution >= 0.6 is 23.2 Å². The van der Waals surface area contributed by atoms with E-state index in [2.05, 4.69) is 17.1 Å². The first kappa shape index (κ1) is 27.7. The highest BCUT2D eigenvalue weighted by Gasteiger charge is 2.29. The first-order valence-corrected chi connectivity index (χ1v) is 10.3. The van der Waals surface area contributed by atoms with Gasteiger partial charge in [-0.25, -0.2) is 9.59 Å². The van der Waals surface area contributed by atoms with E-state index in [4.69, 9.17) is 48.4 Å². The molecule has 1 aliphatic rings. The number of carboxylic acid groups (broad SMARTS) is 2. The van der Waals surface area contributed by atoms with E-state index in [1.165, 1.54) is 13.2 Å². The monoisotopic (exact) mass is 496 g/mol. The van der Waals surface area contributed by atoms with E-state index in [0.29, 0.717) is 12.6 Å². The number of aliphatic hydroxyl groups excluding tert-OH is 2. The lowest BCUT2D eigenvalue weighted by molar-refractivity contribution is -0.165. The van der Waals surface area contributed by atoms with Crippen molar-refractivity contribution >= 4 is 41.0 Å². The van der Waals surface area contributed by atoms with E-state index < -0.39 is 30.1 Å². The maximum atomic E-state index is 12.4. The van der Waals surface area contributed by atoms with Gasteiger partial charge in [0.25, 0.3) is 5.91 Å². The average molecular weight is 497 g/mol. The Morgan fingerprint density at radius 3 is 2.22 bits per heavy atom. The maximum absolute atomic E-state index is 12.4. The third kappa shape index (κ3) is 7.10. The number of carbonyl (C=O) groups excluding carboxylic acids is 1. The van der Waals surface area contributed by atoms with Crippen LogP contribution in [0.4, 0.5) is 0 Å². The Balaban J connectivity index is 0.000000433. The molecule has 1 aromatic rings. The molecule has 0 bridgehead atoms. The summed E-state index contributed by atoms with van der Waals surface area (Å²) < 4.78 is 5.13. The largest absolute Gasteiger partial charge is 0.505 e. The standard InChI is InChI=1S/C15H20Cl2N2O3.C4H6O6/c1-3-19-6-4-5-9(19)8-18-15(21)12-13(20)10(16)7-11(17)14(12)22-2;5-1(3(7)8)2(6)4(9)10/h7,9,20H,3-6,8H2,1-2H3,(H,18,21);1-2,5-6H,(H,7,8)(H,9,10). The fourth-order valence-electron chi connectivity index (χ4n) is 3.11. The quantitative estimate of drug-likeness (QED) is 0.301. The van der Waals surface area contributed by atoms with Gasteiger partial charge in [-0.3, -0.25) is 9.69 Å². The van der Waals surface area contributed by atoms with Gasteiger partial charge in [0.2, 0.25) is 0 Å². The number of aliphatic carboxylic acids is 2. The summed E-state index contributed by atoms with van der Waals surface area (Å²) in [6, 6.07) is 1.67. The normalized spacial score (nSPS) is 17.6. The van der Waals surface area contributed by atoms with Gasteiger partial charge in [-0.15, -0.1) is 0 Å². The minimum absolute atomic E-state index is 0.0204. The van der Waals surface area contributed by atoms with Gasteiger partial charge in [0.15, 0.2) is 23.7 Å². The summed E-state index contributed by atoms with van der Waals surface area (Å²) in [5, 5.41) is 45.6. The van der Waals surface area contributed by atoms with Crippen LogP contribution < -0.4 is 10.1 Å². The number of benzene rings is 1. The Morgan fingerprint density at radius 2 is 1.75 bits per heavy atom. The second-order valence-electron chi connectivity index (χ2n) is 6.80. The van der Waals surface area contributed by atoms with Crippen LogP contribution in [0.1, 0.15) is 30.1 Å². The molecule has 0 aromatic heterocycles. The number of rotatable bonds is 8. The minimum atomic E-state index is -2.27. The number of phenols is 1. The van der Waals surface area contributed by atoms with Crippen molar-refractivity contribution in [3.63, 3.8) is 0 Å². The topological polar surface area (TPSA) is 177 Å². The Morgan fingerprint density at radius 1 is 1.19 bits per heavy atom. The molecule has 6 N–H and O–H groups in total. The number of likely N-dealkylation sites (tertiary alicyclic amines) is 1. The lowest BCUT2D eigenvalue weighted by atomic mass is 10.1. The highest BCUT2D eigenvalue weighted by atomic mass is 35.5. The first-order chi connectivity index (χ1) is 15.0. The smallest absolute Gasteiger partial charge is 0.335 e. The molecule has 1 aromatic carbocycles. The molecule has 3 unspecified atom stereocenters. The van der Waals surface area contributed by atoms with Gasteiger partial charge >= 0.3 is 11.9 Å². The van der Waals surface area contributed by atoms with Crippen molar-refractivity contribution in [2.24, 2.45) is 0 Å². The molecule has 0 aliphatic carbocycles. The predicted molar refractivity (Wildman–Crippen MR) is 115 cm³/mol. The zero-order valence-corrected chi connectivity index (χ0v) is 18.9. The molecular weight excluding hydrogens is 471 g/mol.